The van der Waals surface area contributed by atoms with Crippen molar-refractivity contribution >= 4 is 77.0 Å². The van der Waals surface area contributed by atoms with Crippen LogP contribution in [0.5, 0.6) is 5.75 Å². The van der Waals surface area contributed by atoms with E-state index in [0.717, 1.165) is 5.56 Å². The van der Waals surface area contributed by atoms with Crippen molar-refractivity contribution in [1.29, 1.82) is 0 Å². The highest BCUT2D eigenvalue weighted by molar-refractivity contribution is 9.11. The lowest BCUT2D eigenvalue weighted by Gasteiger charge is -2.14. The Labute approximate surface area is 241 Å². The van der Waals surface area contributed by atoms with Crippen molar-refractivity contribution in [3.63, 3.8) is 0 Å². The van der Waals surface area contributed by atoms with Gasteiger partial charge in [-0.2, -0.15) is 18.5 Å². The number of nitrogens with zero attached hydrogens (tertiary/aromatic N) is 2. The molecular formula is C28H17Br2ClN2O4S. The lowest BCUT2D eigenvalue weighted by Crippen LogP contribution is -2.21. The summed E-state index contributed by atoms with van der Waals surface area (Å²) in [5.41, 5.74) is 2.41. The van der Waals surface area contributed by atoms with E-state index in [9.17, 15) is 13.2 Å². The lowest BCUT2D eigenvalue weighted by atomic mass is 10.00. The Kier molecular flexibility index (Phi) is 7.54. The number of benzene rings is 4. The summed E-state index contributed by atoms with van der Waals surface area (Å²) in [5.74, 6) is -0.341. The first kappa shape index (κ1) is 26.4. The van der Waals surface area contributed by atoms with Crippen LogP contribution in [-0.2, 0) is 14.9 Å². The molecule has 0 unspecified atom stereocenters. The van der Waals surface area contributed by atoms with Gasteiger partial charge >= 0.3 is 10.1 Å². The van der Waals surface area contributed by atoms with E-state index in [2.05, 4.69) is 37.0 Å². The van der Waals surface area contributed by atoms with Crippen molar-refractivity contribution < 1.29 is 17.4 Å². The van der Waals surface area contributed by atoms with Gasteiger partial charge in [-0.05, 0) is 70.5 Å². The molecule has 0 atom stereocenters. The molecule has 1 heterocycles. The van der Waals surface area contributed by atoms with Gasteiger partial charge in [-0.1, -0.05) is 76.1 Å². The molecule has 0 saturated carbocycles. The summed E-state index contributed by atoms with van der Waals surface area (Å²) in [6, 6.07) is 27.4. The van der Waals surface area contributed by atoms with E-state index in [1.807, 2.05) is 48.5 Å². The van der Waals surface area contributed by atoms with Crippen molar-refractivity contribution in [1.82, 2.24) is 0 Å². The number of para-hydroxylation sites is 1. The van der Waals surface area contributed by atoms with Gasteiger partial charge in [0.15, 0.2) is 5.75 Å². The third-order valence-corrected chi connectivity index (χ3v) is 8.09. The van der Waals surface area contributed by atoms with Gasteiger partial charge in [0.2, 0.25) is 0 Å². The van der Waals surface area contributed by atoms with Gasteiger partial charge < -0.3 is 4.18 Å². The third-order valence-electron chi connectivity index (χ3n) is 5.56. The number of hydrazone groups is 1. The number of carbonyl (C=O) groups is 1. The van der Waals surface area contributed by atoms with Crippen LogP contribution in [0.4, 0.5) is 5.69 Å². The average molecular weight is 673 g/mol. The second-order valence-electron chi connectivity index (χ2n) is 8.12. The third kappa shape index (κ3) is 5.47. The van der Waals surface area contributed by atoms with Crippen molar-refractivity contribution in [3.8, 4) is 5.75 Å². The number of hydrogen-bond donors (Lipinski definition) is 0. The molecule has 0 spiro atoms. The summed E-state index contributed by atoms with van der Waals surface area (Å²) >= 11 is 12.8. The number of amides is 1. The van der Waals surface area contributed by atoms with E-state index >= 15 is 0 Å². The molecule has 190 valence electrons. The Morgan fingerprint density at radius 1 is 0.868 bits per heavy atom. The molecule has 0 aliphatic carbocycles. The molecule has 10 heteroatoms. The summed E-state index contributed by atoms with van der Waals surface area (Å²) < 4.78 is 32.8. The van der Waals surface area contributed by atoms with Gasteiger partial charge in [0.1, 0.15) is 10.6 Å². The number of rotatable bonds is 6. The first-order valence-electron chi connectivity index (χ1n) is 11.2. The van der Waals surface area contributed by atoms with Crippen LogP contribution in [0.15, 0.2) is 122 Å². The normalized spacial score (nSPS) is 14.6. The topological polar surface area (TPSA) is 76.0 Å². The minimum absolute atomic E-state index is 0.0222. The zero-order valence-corrected chi connectivity index (χ0v) is 24.1. The zero-order valence-electron chi connectivity index (χ0n) is 19.4. The second-order valence-corrected chi connectivity index (χ2v) is 11.9. The van der Waals surface area contributed by atoms with Crippen LogP contribution in [0.25, 0.3) is 6.08 Å². The minimum atomic E-state index is -4.21. The van der Waals surface area contributed by atoms with E-state index < -0.39 is 10.1 Å². The van der Waals surface area contributed by atoms with Crippen LogP contribution in [0.3, 0.4) is 0 Å². The molecule has 0 fully saturated rings. The average Bonchev–Trinajstić information content (AvgIpc) is 3.23. The largest absolute Gasteiger partial charge is 0.377 e. The molecule has 6 nitrogen and oxygen atoms in total. The lowest BCUT2D eigenvalue weighted by molar-refractivity contribution is -0.114. The van der Waals surface area contributed by atoms with Crippen molar-refractivity contribution in [2.24, 2.45) is 5.10 Å². The first-order chi connectivity index (χ1) is 18.2. The second kappa shape index (κ2) is 10.9. The SMILES string of the molecule is O=C1/C(=C\c2cc(Br)cc(Br)c2OS(=O)(=O)c2ccc(Cl)cc2)C(c2ccccc2)=NN1c1ccccc1. The predicted octanol–water partition coefficient (Wildman–Crippen LogP) is 7.47. The Bertz CT molecular complexity index is 1690. The number of halogens is 3. The standard InChI is InChI=1S/C28H17Br2ClN2O4S/c29-20-15-19(27(25(30)17-20)37-38(35,36)23-13-11-21(31)12-14-23)16-24-26(18-7-3-1-4-8-18)32-33(28(24)34)22-9-5-2-6-10-22/h1-17H/b24-16-. The summed E-state index contributed by atoms with van der Waals surface area (Å²) in [4.78, 5) is 13.6. The number of hydrogen-bond acceptors (Lipinski definition) is 5. The molecule has 0 bridgehead atoms. The molecule has 0 saturated heterocycles. The molecule has 0 aromatic heterocycles. The van der Waals surface area contributed by atoms with Gasteiger partial charge in [-0.15, -0.1) is 0 Å². The maximum atomic E-state index is 13.7. The van der Waals surface area contributed by atoms with Crippen LogP contribution < -0.4 is 9.19 Å². The highest BCUT2D eigenvalue weighted by atomic mass is 79.9. The summed E-state index contributed by atoms with van der Waals surface area (Å²) in [5, 5.41) is 6.35. The first-order valence-corrected chi connectivity index (χ1v) is 14.5. The van der Waals surface area contributed by atoms with Crippen LogP contribution in [0, 0.1) is 0 Å². The molecule has 0 N–H and O–H groups in total. The van der Waals surface area contributed by atoms with Gasteiger partial charge in [-0.3, -0.25) is 4.79 Å². The quantitative estimate of drug-likeness (QED) is 0.157. The molecule has 4 aromatic carbocycles. The smallest absolute Gasteiger partial charge is 0.339 e. The Balaban J connectivity index is 1.63. The van der Waals surface area contributed by atoms with Crippen LogP contribution in [0.2, 0.25) is 5.02 Å². The number of carbonyl (C=O) groups excluding carboxylic acids is 1. The summed E-state index contributed by atoms with van der Waals surface area (Å²) in [7, 11) is -4.21. The Morgan fingerprint density at radius 3 is 2.16 bits per heavy atom. The highest BCUT2D eigenvalue weighted by Crippen LogP contribution is 2.38. The molecule has 0 radical (unpaired) electrons. The van der Waals surface area contributed by atoms with E-state index in [1.165, 1.54) is 29.3 Å². The van der Waals surface area contributed by atoms with E-state index in [0.29, 0.717) is 30.9 Å². The molecule has 4 aromatic rings. The molecular weight excluding hydrogens is 656 g/mol. The van der Waals surface area contributed by atoms with Crippen LogP contribution in [0.1, 0.15) is 11.1 Å². The van der Waals surface area contributed by atoms with Crippen molar-refractivity contribution in [2.45, 2.75) is 4.90 Å². The Hall–Kier alpha value is -3.24. The van der Waals surface area contributed by atoms with Gasteiger partial charge in [0, 0.05) is 20.6 Å². The van der Waals surface area contributed by atoms with Crippen molar-refractivity contribution in [3.05, 3.63) is 128 Å². The van der Waals surface area contributed by atoms with E-state index in [4.69, 9.17) is 15.8 Å². The van der Waals surface area contributed by atoms with Crippen LogP contribution in [-0.4, -0.2) is 20.0 Å². The summed E-state index contributed by atoms with van der Waals surface area (Å²) in [6.07, 6.45) is 1.58. The maximum absolute atomic E-state index is 13.7. The fourth-order valence-electron chi connectivity index (χ4n) is 3.79. The molecule has 1 aliphatic heterocycles. The molecule has 5 rings (SSSR count). The minimum Gasteiger partial charge on any atom is -0.377 e. The highest BCUT2D eigenvalue weighted by Gasteiger charge is 2.33. The van der Waals surface area contributed by atoms with Gasteiger partial charge in [-0.25, -0.2) is 0 Å². The predicted molar refractivity (Wildman–Crippen MR) is 156 cm³/mol. The Morgan fingerprint density at radius 2 is 1.50 bits per heavy atom. The monoisotopic (exact) mass is 670 g/mol. The van der Waals surface area contributed by atoms with E-state index in [-0.39, 0.29) is 22.1 Å². The van der Waals surface area contributed by atoms with E-state index in [1.54, 1.807) is 30.3 Å². The fourth-order valence-corrected chi connectivity index (χ4v) is 6.33. The van der Waals surface area contributed by atoms with Gasteiger partial charge in [0.25, 0.3) is 5.91 Å². The van der Waals surface area contributed by atoms with Crippen molar-refractivity contribution in [2.75, 3.05) is 5.01 Å². The molecule has 1 amide bonds. The van der Waals surface area contributed by atoms with Gasteiger partial charge in [0.05, 0.1) is 15.7 Å². The van der Waals surface area contributed by atoms with Crippen LogP contribution >= 0.6 is 43.5 Å². The fraction of sp³-hybridized carbons (Fsp3) is 0. The summed E-state index contributed by atoms with van der Waals surface area (Å²) in [6.45, 7) is 0. The molecule has 38 heavy (non-hydrogen) atoms. The number of anilines is 1. The molecule has 1 aliphatic rings. The maximum Gasteiger partial charge on any atom is 0.339 e. The zero-order chi connectivity index (χ0) is 26.9.